The minimum absolute atomic E-state index is 0.138. The number of carbonyl (C=O) groups is 1. The predicted molar refractivity (Wildman–Crippen MR) is 116 cm³/mol. The van der Waals surface area contributed by atoms with E-state index in [0.29, 0.717) is 23.0 Å². The summed E-state index contributed by atoms with van der Waals surface area (Å²) in [4.78, 5) is 12.1. The molecule has 3 aromatic rings. The maximum absolute atomic E-state index is 12.1. The van der Waals surface area contributed by atoms with Crippen LogP contribution in [0.25, 0.3) is 17.4 Å². The average molecular weight is 408 g/mol. The number of hydrogen-bond acceptors (Lipinski definition) is 5. The summed E-state index contributed by atoms with van der Waals surface area (Å²) in [6.45, 7) is -0.173. The molecule has 6 nitrogen and oxygen atoms in total. The summed E-state index contributed by atoms with van der Waals surface area (Å²) in [7, 11) is 1.54. The molecule has 3 rings (SSSR count). The molecule has 0 atom stereocenters. The molecule has 0 aliphatic rings. The van der Waals surface area contributed by atoms with Gasteiger partial charge in [-0.25, -0.2) is 0 Å². The minimum Gasteiger partial charge on any atom is -0.495 e. The van der Waals surface area contributed by atoms with E-state index in [4.69, 9.17) is 26.5 Å². The van der Waals surface area contributed by atoms with Gasteiger partial charge in [-0.2, -0.15) is 0 Å². The zero-order valence-electron chi connectivity index (χ0n) is 15.7. The number of carbonyl (C=O) groups excluding carboxylic acids is 1. The van der Waals surface area contributed by atoms with Crippen LogP contribution in [0.4, 0.5) is 5.69 Å². The van der Waals surface area contributed by atoms with Crippen molar-refractivity contribution >= 4 is 35.0 Å². The molecule has 3 N–H and O–H groups in total. The summed E-state index contributed by atoms with van der Waals surface area (Å²) in [5, 5.41) is 14.9. The predicted octanol–water partition coefficient (Wildman–Crippen LogP) is 3.97. The maximum atomic E-state index is 12.1. The Morgan fingerprint density at radius 1 is 1.17 bits per heavy atom. The minimum atomic E-state index is -0.347. The van der Waals surface area contributed by atoms with Gasteiger partial charge in [0.15, 0.2) is 5.11 Å². The van der Waals surface area contributed by atoms with Gasteiger partial charge in [0.1, 0.15) is 23.9 Å². The molecular weight excluding hydrogens is 388 g/mol. The Morgan fingerprint density at radius 2 is 1.97 bits per heavy atom. The van der Waals surface area contributed by atoms with Crippen molar-refractivity contribution in [2.45, 2.75) is 6.61 Å². The first-order valence-corrected chi connectivity index (χ1v) is 9.23. The normalized spacial score (nSPS) is 10.7. The van der Waals surface area contributed by atoms with Gasteiger partial charge in [0.25, 0.3) is 0 Å². The van der Waals surface area contributed by atoms with E-state index >= 15 is 0 Å². The van der Waals surface area contributed by atoms with Gasteiger partial charge < -0.3 is 19.6 Å². The topological polar surface area (TPSA) is 83.7 Å². The van der Waals surface area contributed by atoms with Crippen molar-refractivity contribution in [2.75, 3.05) is 12.4 Å². The van der Waals surface area contributed by atoms with Crippen molar-refractivity contribution in [1.82, 2.24) is 5.32 Å². The molecule has 1 heterocycles. The zero-order chi connectivity index (χ0) is 20.6. The molecule has 7 heteroatoms. The second kappa shape index (κ2) is 9.68. The van der Waals surface area contributed by atoms with Gasteiger partial charge >= 0.3 is 0 Å². The van der Waals surface area contributed by atoms with Crippen LogP contribution in [-0.4, -0.2) is 23.2 Å². The van der Waals surface area contributed by atoms with Crippen molar-refractivity contribution in [3.05, 3.63) is 78.1 Å². The van der Waals surface area contributed by atoms with E-state index in [9.17, 15) is 4.79 Å². The summed E-state index contributed by atoms with van der Waals surface area (Å²) >= 11 is 5.24. The molecule has 0 bridgehead atoms. The largest absolute Gasteiger partial charge is 0.495 e. The molecule has 148 valence electrons. The molecule has 0 aliphatic carbocycles. The van der Waals surface area contributed by atoms with E-state index < -0.39 is 0 Å². The summed E-state index contributed by atoms with van der Waals surface area (Å²) in [5.74, 6) is 1.28. The van der Waals surface area contributed by atoms with Crippen LogP contribution in [0.2, 0.25) is 0 Å². The number of aliphatic hydroxyl groups is 1. The fourth-order valence-electron chi connectivity index (χ4n) is 2.62. The van der Waals surface area contributed by atoms with Crippen LogP contribution in [0, 0.1) is 0 Å². The smallest absolute Gasteiger partial charge is 0.250 e. The lowest BCUT2D eigenvalue weighted by Gasteiger charge is -2.13. The van der Waals surface area contributed by atoms with Crippen LogP contribution in [0.3, 0.4) is 0 Å². The van der Waals surface area contributed by atoms with Crippen LogP contribution >= 0.6 is 12.2 Å². The Bertz CT molecular complexity index is 1030. The van der Waals surface area contributed by atoms with E-state index in [0.717, 1.165) is 11.1 Å². The highest BCUT2D eigenvalue weighted by Gasteiger charge is 2.11. The average Bonchev–Trinajstić information content (AvgIpc) is 3.22. The SMILES string of the molecule is COc1ccc(-c2ccc(CO)o2)cc1NC(=S)NC(=O)/C=C/c1ccccc1. The molecule has 0 unspecified atom stereocenters. The van der Waals surface area contributed by atoms with Crippen LogP contribution in [0.5, 0.6) is 5.75 Å². The van der Waals surface area contributed by atoms with E-state index in [2.05, 4.69) is 10.6 Å². The number of thiocarbonyl (C=S) groups is 1. The molecule has 0 radical (unpaired) electrons. The molecule has 29 heavy (non-hydrogen) atoms. The van der Waals surface area contributed by atoms with Crippen molar-refractivity contribution in [1.29, 1.82) is 0 Å². The third-order valence-electron chi connectivity index (χ3n) is 4.01. The highest BCUT2D eigenvalue weighted by molar-refractivity contribution is 7.80. The molecular formula is C22H20N2O4S. The number of ether oxygens (including phenoxy) is 1. The van der Waals surface area contributed by atoms with Crippen LogP contribution in [0.15, 0.2) is 71.2 Å². The number of anilines is 1. The molecule has 0 aliphatic heterocycles. The van der Waals surface area contributed by atoms with Gasteiger partial charge in [-0.1, -0.05) is 30.3 Å². The lowest BCUT2D eigenvalue weighted by molar-refractivity contribution is -0.115. The first-order valence-electron chi connectivity index (χ1n) is 8.82. The first kappa shape index (κ1) is 20.3. The number of amides is 1. The van der Waals surface area contributed by atoms with Crippen molar-refractivity contribution in [3.8, 4) is 17.1 Å². The summed E-state index contributed by atoms with van der Waals surface area (Å²) < 4.78 is 10.9. The summed E-state index contributed by atoms with van der Waals surface area (Å²) in [6, 6.07) is 18.3. The van der Waals surface area contributed by atoms with Crippen molar-refractivity contribution in [3.63, 3.8) is 0 Å². The van der Waals surface area contributed by atoms with Gasteiger partial charge in [0, 0.05) is 11.6 Å². The quantitative estimate of drug-likeness (QED) is 0.423. The van der Waals surface area contributed by atoms with Crippen molar-refractivity contribution in [2.24, 2.45) is 0 Å². The van der Waals surface area contributed by atoms with E-state index in [1.54, 1.807) is 37.5 Å². The van der Waals surface area contributed by atoms with E-state index in [1.807, 2.05) is 36.4 Å². The van der Waals surface area contributed by atoms with Crippen LogP contribution < -0.4 is 15.4 Å². The maximum Gasteiger partial charge on any atom is 0.250 e. The summed E-state index contributed by atoms with van der Waals surface area (Å²) in [6.07, 6.45) is 3.12. The second-order valence-corrected chi connectivity index (χ2v) is 6.43. The molecule has 1 amide bonds. The second-order valence-electron chi connectivity index (χ2n) is 6.03. The van der Waals surface area contributed by atoms with Crippen LogP contribution in [-0.2, 0) is 11.4 Å². The van der Waals surface area contributed by atoms with E-state index in [-0.39, 0.29) is 17.6 Å². The number of rotatable bonds is 6. The zero-order valence-corrected chi connectivity index (χ0v) is 16.5. The molecule has 0 saturated heterocycles. The van der Waals surface area contributed by atoms with Gasteiger partial charge in [0.05, 0.1) is 12.8 Å². The Balaban J connectivity index is 1.69. The van der Waals surface area contributed by atoms with Gasteiger partial charge in [-0.3, -0.25) is 10.1 Å². The fraction of sp³-hybridized carbons (Fsp3) is 0.0909. The monoisotopic (exact) mass is 408 g/mol. The van der Waals surface area contributed by atoms with Crippen LogP contribution in [0.1, 0.15) is 11.3 Å². The standard InChI is InChI=1S/C22H20N2O4S/c1-27-20-10-8-16(19-11-9-17(14-25)28-19)13-18(20)23-22(29)24-21(26)12-7-15-5-3-2-4-6-15/h2-13,25H,14H2,1H3,(H2,23,24,26,29)/b12-7+. The van der Waals surface area contributed by atoms with Crippen molar-refractivity contribution < 1.29 is 19.1 Å². The number of aliphatic hydroxyl groups excluding tert-OH is 1. The van der Waals surface area contributed by atoms with E-state index in [1.165, 1.54) is 6.08 Å². The molecule has 0 fully saturated rings. The number of methoxy groups -OCH3 is 1. The Morgan fingerprint density at radius 3 is 2.66 bits per heavy atom. The number of hydrogen-bond donors (Lipinski definition) is 3. The van der Waals surface area contributed by atoms with Gasteiger partial charge in [-0.15, -0.1) is 0 Å². The Labute approximate surface area is 173 Å². The summed E-state index contributed by atoms with van der Waals surface area (Å²) in [5.41, 5.74) is 2.26. The Hall–Kier alpha value is -3.42. The lowest BCUT2D eigenvalue weighted by Crippen LogP contribution is -2.32. The number of benzene rings is 2. The molecule has 0 saturated carbocycles. The molecule has 1 aromatic heterocycles. The third-order valence-corrected chi connectivity index (χ3v) is 4.22. The highest BCUT2D eigenvalue weighted by Crippen LogP contribution is 2.31. The number of furan rings is 1. The Kier molecular flexibility index (Phi) is 6.78. The van der Waals surface area contributed by atoms with Gasteiger partial charge in [-0.05, 0) is 54.2 Å². The first-order chi connectivity index (χ1) is 14.1. The highest BCUT2D eigenvalue weighted by atomic mass is 32.1. The van der Waals surface area contributed by atoms with Gasteiger partial charge in [0.2, 0.25) is 5.91 Å². The third kappa shape index (κ3) is 5.54. The molecule has 2 aromatic carbocycles. The lowest BCUT2D eigenvalue weighted by atomic mass is 10.1. The fourth-order valence-corrected chi connectivity index (χ4v) is 2.83. The number of nitrogens with one attached hydrogen (secondary N) is 2. The molecule has 0 spiro atoms.